The molecule has 4 nitrogen and oxygen atoms in total. The fraction of sp³-hybridized carbons (Fsp3) is 0.316. The van der Waals surface area contributed by atoms with E-state index in [1.807, 2.05) is 47.2 Å². The zero-order chi connectivity index (χ0) is 15.6. The van der Waals surface area contributed by atoms with Crippen molar-refractivity contribution in [1.29, 1.82) is 0 Å². The monoisotopic (exact) mass is 305 g/mol. The van der Waals surface area contributed by atoms with Gasteiger partial charge < -0.3 is 0 Å². The molecular formula is C19H19N3O. The molecule has 4 rings (SSSR count). The zero-order valence-corrected chi connectivity index (χ0v) is 13.0. The fourth-order valence-corrected chi connectivity index (χ4v) is 3.58. The molecule has 0 spiro atoms. The van der Waals surface area contributed by atoms with Gasteiger partial charge in [-0.1, -0.05) is 43.2 Å². The van der Waals surface area contributed by atoms with Crippen LogP contribution in [0.15, 0.2) is 49.1 Å². The Kier molecular flexibility index (Phi) is 3.66. The van der Waals surface area contributed by atoms with Gasteiger partial charge in [0.2, 0.25) is 0 Å². The van der Waals surface area contributed by atoms with Crippen LogP contribution in [0.25, 0.3) is 5.52 Å². The van der Waals surface area contributed by atoms with Gasteiger partial charge >= 0.3 is 0 Å². The van der Waals surface area contributed by atoms with Gasteiger partial charge in [-0.05, 0) is 30.4 Å². The van der Waals surface area contributed by atoms with Gasteiger partial charge in [0.05, 0.1) is 17.9 Å². The molecule has 0 amide bonds. The molecule has 2 aromatic heterocycles. The van der Waals surface area contributed by atoms with Crippen molar-refractivity contribution >= 4 is 11.3 Å². The summed E-state index contributed by atoms with van der Waals surface area (Å²) in [5.74, 6) is 0.111. The van der Waals surface area contributed by atoms with Gasteiger partial charge in [-0.15, -0.1) is 0 Å². The SMILES string of the molecule is O=C(c1ccccc1)C1CCCCCc2c1cnn1cncc21. The minimum atomic E-state index is -0.0971. The molecule has 116 valence electrons. The molecule has 3 aromatic rings. The normalized spacial score (nSPS) is 18.2. The molecule has 0 bridgehead atoms. The molecule has 2 heterocycles. The van der Waals surface area contributed by atoms with Crippen LogP contribution in [0.4, 0.5) is 0 Å². The van der Waals surface area contributed by atoms with Crippen LogP contribution in [0.5, 0.6) is 0 Å². The first-order valence-electron chi connectivity index (χ1n) is 8.24. The molecule has 1 aliphatic rings. The summed E-state index contributed by atoms with van der Waals surface area (Å²) >= 11 is 0. The maximum absolute atomic E-state index is 13.1. The van der Waals surface area contributed by atoms with Crippen LogP contribution in [0.3, 0.4) is 0 Å². The van der Waals surface area contributed by atoms with E-state index in [1.54, 1.807) is 6.33 Å². The third-order valence-electron chi connectivity index (χ3n) is 4.77. The smallest absolute Gasteiger partial charge is 0.170 e. The first-order chi connectivity index (χ1) is 11.3. The number of fused-ring (bicyclic) bond motifs is 3. The van der Waals surface area contributed by atoms with Crippen LogP contribution in [-0.2, 0) is 6.42 Å². The van der Waals surface area contributed by atoms with Crippen LogP contribution in [0, 0.1) is 0 Å². The van der Waals surface area contributed by atoms with Crippen molar-refractivity contribution < 1.29 is 4.79 Å². The van der Waals surface area contributed by atoms with Gasteiger partial charge in [0.1, 0.15) is 6.33 Å². The van der Waals surface area contributed by atoms with Gasteiger partial charge in [-0.3, -0.25) is 4.79 Å². The minimum absolute atomic E-state index is 0.0971. The first kappa shape index (κ1) is 14.1. The summed E-state index contributed by atoms with van der Waals surface area (Å²) in [5.41, 5.74) is 4.16. The third kappa shape index (κ3) is 2.54. The van der Waals surface area contributed by atoms with E-state index < -0.39 is 0 Å². The summed E-state index contributed by atoms with van der Waals surface area (Å²) in [7, 11) is 0. The fourth-order valence-electron chi connectivity index (χ4n) is 3.58. The van der Waals surface area contributed by atoms with Crippen molar-refractivity contribution in [1.82, 2.24) is 14.6 Å². The van der Waals surface area contributed by atoms with Gasteiger partial charge in [0, 0.05) is 11.5 Å². The maximum Gasteiger partial charge on any atom is 0.170 e. The van der Waals surface area contributed by atoms with E-state index in [2.05, 4.69) is 10.1 Å². The molecule has 1 atom stereocenters. The Hall–Kier alpha value is -2.49. The van der Waals surface area contributed by atoms with E-state index >= 15 is 0 Å². The van der Waals surface area contributed by atoms with E-state index in [0.717, 1.165) is 42.3 Å². The number of hydrogen-bond donors (Lipinski definition) is 0. The van der Waals surface area contributed by atoms with Gasteiger partial charge in [0.15, 0.2) is 5.78 Å². The number of nitrogens with zero attached hydrogens (tertiary/aromatic N) is 3. The average Bonchev–Trinajstić information content (AvgIpc) is 3.04. The van der Waals surface area contributed by atoms with E-state index in [9.17, 15) is 4.79 Å². The number of carbonyl (C=O) groups is 1. The van der Waals surface area contributed by atoms with Gasteiger partial charge in [-0.2, -0.15) is 5.10 Å². The Bertz CT molecular complexity index is 838. The molecule has 0 N–H and O–H groups in total. The molecule has 1 unspecified atom stereocenters. The summed E-state index contributed by atoms with van der Waals surface area (Å²) in [6, 6.07) is 9.61. The first-order valence-corrected chi connectivity index (χ1v) is 8.24. The zero-order valence-electron chi connectivity index (χ0n) is 13.0. The number of carbonyl (C=O) groups excluding carboxylic acids is 1. The van der Waals surface area contributed by atoms with E-state index in [4.69, 9.17) is 0 Å². The number of aromatic nitrogens is 3. The largest absolute Gasteiger partial charge is 0.293 e. The van der Waals surface area contributed by atoms with Crippen molar-refractivity contribution in [2.24, 2.45) is 0 Å². The molecule has 4 heteroatoms. The quantitative estimate of drug-likeness (QED) is 0.676. The van der Waals surface area contributed by atoms with Crippen LogP contribution >= 0.6 is 0 Å². The summed E-state index contributed by atoms with van der Waals surface area (Å²) in [4.78, 5) is 17.3. The number of hydrogen-bond acceptors (Lipinski definition) is 3. The second-order valence-corrected chi connectivity index (χ2v) is 6.18. The van der Waals surface area contributed by atoms with E-state index in [0.29, 0.717) is 0 Å². The van der Waals surface area contributed by atoms with Crippen molar-refractivity contribution in [3.05, 3.63) is 65.7 Å². The van der Waals surface area contributed by atoms with Gasteiger partial charge in [0.25, 0.3) is 0 Å². The van der Waals surface area contributed by atoms with Crippen molar-refractivity contribution in [2.45, 2.75) is 38.0 Å². The summed E-state index contributed by atoms with van der Waals surface area (Å²) in [6.07, 6.45) is 10.8. The highest BCUT2D eigenvalue weighted by molar-refractivity contribution is 6.01. The van der Waals surface area contributed by atoms with E-state index in [1.165, 1.54) is 12.0 Å². The second kappa shape index (κ2) is 5.95. The Morgan fingerprint density at radius 1 is 1.09 bits per heavy atom. The summed E-state index contributed by atoms with van der Waals surface area (Å²) in [5, 5.41) is 4.46. The third-order valence-corrected chi connectivity index (χ3v) is 4.77. The average molecular weight is 305 g/mol. The molecule has 0 fully saturated rings. The Labute approximate surface area is 135 Å². The molecule has 0 saturated carbocycles. The highest BCUT2D eigenvalue weighted by Gasteiger charge is 2.27. The maximum atomic E-state index is 13.1. The molecule has 0 radical (unpaired) electrons. The number of ketones is 1. The lowest BCUT2D eigenvalue weighted by Crippen LogP contribution is -2.18. The topological polar surface area (TPSA) is 47.3 Å². The van der Waals surface area contributed by atoms with E-state index in [-0.39, 0.29) is 11.7 Å². The van der Waals surface area contributed by atoms with Crippen LogP contribution in [0.2, 0.25) is 0 Å². The number of Topliss-reactive ketones (excluding diaryl/α,β-unsaturated/α-hetero) is 1. The molecule has 1 aromatic carbocycles. The summed E-state index contributed by atoms with van der Waals surface area (Å²) < 4.78 is 1.81. The number of aryl methyl sites for hydroxylation is 1. The summed E-state index contributed by atoms with van der Waals surface area (Å²) in [6.45, 7) is 0. The van der Waals surface area contributed by atoms with Gasteiger partial charge in [-0.25, -0.2) is 9.50 Å². The van der Waals surface area contributed by atoms with Crippen molar-refractivity contribution in [3.63, 3.8) is 0 Å². The highest BCUT2D eigenvalue weighted by atomic mass is 16.1. The highest BCUT2D eigenvalue weighted by Crippen LogP contribution is 2.33. The number of rotatable bonds is 2. The van der Waals surface area contributed by atoms with Crippen LogP contribution in [-0.4, -0.2) is 20.4 Å². The number of benzene rings is 1. The predicted molar refractivity (Wildman–Crippen MR) is 88.7 cm³/mol. The second-order valence-electron chi connectivity index (χ2n) is 6.18. The molecule has 23 heavy (non-hydrogen) atoms. The standard InChI is InChI=1S/C19H19N3O/c23-19(14-7-3-1-4-8-14)16-10-6-2-5-9-15-17(16)11-21-22-13-20-12-18(15)22/h1,3-4,7-8,11-13,16H,2,5-6,9-10H2. The Morgan fingerprint density at radius 3 is 2.83 bits per heavy atom. The lowest BCUT2D eigenvalue weighted by molar-refractivity contribution is 0.0952. The molecule has 0 aliphatic heterocycles. The minimum Gasteiger partial charge on any atom is -0.293 e. The molecular weight excluding hydrogens is 286 g/mol. The Balaban J connectivity index is 1.83. The van der Waals surface area contributed by atoms with Crippen LogP contribution < -0.4 is 0 Å². The van der Waals surface area contributed by atoms with Crippen LogP contribution in [0.1, 0.15) is 53.1 Å². The lowest BCUT2D eigenvalue weighted by Gasteiger charge is -2.22. The molecule has 0 saturated heterocycles. The number of imidazole rings is 1. The van der Waals surface area contributed by atoms with Crippen molar-refractivity contribution in [3.8, 4) is 0 Å². The van der Waals surface area contributed by atoms with Crippen molar-refractivity contribution in [2.75, 3.05) is 0 Å². The predicted octanol–water partition coefficient (Wildman–Crippen LogP) is 3.81. The lowest BCUT2D eigenvalue weighted by atomic mass is 9.82. The Morgan fingerprint density at radius 2 is 1.96 bits per heavy atom. The molecule has 1 aliphatic carbocycles.